The number of aromatic nitrogens is 1. The molecule has 3 rings (SSSR count). The maximum Gasteiger partial charge on any atom is 0.323 e. The molecule has 2 aliphatic rings. The average Bonchev–Trinajstić information content (AvgIpc) is 3.22. The molecule has 0 aromatic carbocycles. The van der Waals surface area contributed by atoms with Crippen LogP contribution in [0.1, 0.15) is 38.1 Å². The van der Waals surface area contributed by atoms with Gasteiger partial charge < -0.3 is 9.47 Å². The first kappa shape index (κ1) is 16.8. The zero-order valence-corrected chi connectivity index (χ0v) is 14.5. The molecule has 128 valence electrons. The molecule has 0 bridgehead atoms. The zero-order valence-electron chi connectivity index (χ0n) is 13.7. The number of ketones is 1. The van der Waals surface area contributed by atoms with Crippen LogP contribution in [0.3, 0.4) is 0 Å². The van der Waals surface area contributed by atoms with Crippen molar-refractivity contribution in [1.82, 2.24) is 4.98 Å². The number of thiazole rings is 1. The second-order valence-electron chi connectivity index (χ2n) is 5.97. The van der Waals surface area contributed by atoms with Gasteiger partial charge in [-0.1, -0.05) is 5.57 Å². The SMILES string of the molecule is CCOC(=O)C1(C(=O)OCC)CC2=C(c3nccs3)C(=O)CC2C1. The number of hydrogen-bond acceptors (Lipinski definition) is 7. The first-order chi connectivity index (χ1) is 11.5. The Morgan fingerprint density at radius 1 is 1.29 bits per heavy atom. The molecule has 0 N–H and O–H groups in total. The average molecular weight is 349 g/mol. The number of ether oxygens (including phenoxy) is 2. The summed E-state index contributed by atoms with van der Waals surface area (Å²) in [7, 11) is 0. The van der Waals surface area contributed by atoms with Gasteiger partial charge in [-0.3, -0.25) is 14.4 Å². The number of Topliss-reactive ketones (excluding diaryl/α,β-unsaturated/α-hetero) is 1. The maximum atomic E-state index is 12.5. The summed E-state index contributed by atoms with van der Waals surface area (Å²) in [6.45, 7) is 3.80. The van der Waals surface area contributed by atoms with Gasteiger partial charge in [-0.05, 0) is 32.6 Å². The molecule has 6 nitrogen and oxygen atoms in total. The van der Waals surface area contributed by atoms with Crippen molar-refractivity contribution in [3.8, 4) is 0 Å². The van der Waals surface area contributed by atoms with Crippen molar-refractivity contribution < 1.29 is 23.9 Å². The van der Waals surface area contributed by atoms with Crippen LogP contribution >= 0.6 is 11.3 Å². The van der Waals surface area contributed by atoms with Crippen LogP contribution in [0.25, 0.3) is 5.57 Å². The number of carbonyl (C=O) groups is 3. The molecule has 1 saturated carbocycles. The third kappa shape index (κ3) is 2.56. The minimum atomic E-state index is -1.34. The van der Waals surface area contributed by atoms with Crippen LogP contribution in [0, 0.1) is 11.3 Å². The summed E-state index contributed by atoms with van der Waals surface area (Å²) in [6, 6.07) is 0. The Hall–Kier alpha value is -2.02. The standard InChI is InChI=1S/C17H19NO5S/c1-3-22-15(20)17(16(21)23-4-2)8-10-7-12(19)13(11(10)9-17)14-18-5-6-24-14/h5-6,10H,3-4,7-9H2,1-2H3. The fraction of sp³-hybridized carbons (Fsp3) is 0.529. The van der Waals surface area contributed by atoms with Crippen molar-refractivity contribution in [2.45, 2.75) is 33.1 Å². The van der Waals surface area contributed by atoms with Crippen LogP contribution in [0.2, 0.25) is 0 Å². The molecule has 7 heteroatoms. The summed E-state index contributed by atoms with van der Waals surface area (Å²) < 4.78 is 10.3. The predicted molar refractivity (Wildman–Crippen MR) is 87.1 cm³/mol. The lowest BCUT2D eigenvalue weighted by Gasteiger charge is -2.24. The van der Waals surface area contributed by atoms with Gasteiger partial charge in [-0.25, -0.2) is 4.98 Å². The minimum absolute atomic E-state index is 0.0336. The quantitative estimate of drug-likeness (QED) is 0.600. The number of hydrogen-bond donors (Lipinski definition) is 0. The Balaban J connectivity index is 2.02. The third-order valence-corrected chi connectivity index (χ3v) is 5.38. The highest BCUT2D eigenvalue weighted by Gasteiger charge is 2.58. The first-order valence-corrected chi connectivity index (χ1v) is 8.92. The topological polar surface area (TPSA) is 82.6 Å². The fourth-order valence-corrected chi connectivity index (χ4v) is 4.35. The van der Waals surface area contributed by atoms with E-state index in [4.69, 9.17) is 9.47 Å². The molecule has 0 radical (unpaired) electrons. The molecular weight excluding hydrogens is 330 g/mol. The molecule has 2 aliphatic carbocycles. The summed E-state index contributed by atoms with van der Waals surface area (Å²) in [5.74, 6) is -1.20. The van der Waals surface area contributed by atoms with Crippen LogP contribution in [-0.2, 0) is 23.9 Å². The third-order valence-electron chi connectivity index (χ3n) is 4.59. The lowest BCUT2D eigenvalue weighted by Crippen LogP contribution is -2.40. The molecule has 1 heterocycles. The van der Waals surface area contributed by atoms with Crippen LogP contribution in [0.15, 0.2) is 17.2 Å². The Bertz CT molecular complexity index is 689. The Morgan fingerprint density at radius 2 is 1.96 bits per heavy atom. The molecule has 1 atom stereocenters. The second-order valence-corrected chi connectivity index (χ2v) is 6.86. The van der Waals surface area contributed by atoms with Crippen molar-refractivity contribution in [3.63, 3.8) is 0 Å². The number of nitrogens with zero attached hydrogens (tertiary/aromatic N) is 1. The molecule has 0 amide bonds. The van der Waals surface area contributed by atoms with Crippen molar-refractivity contribution >= 4 is 34.6 Å². The van der Waals surface area contributed by atoms with Gasteiger partial charge in [0.15, 0.2) is 11.2 Å². The molecule has 0 aliphatic heterocycles. The van der Waals surface area contributed by atoms with Gasteiger partial charge in [-0.15, -0.1) is 11.3 Å². The molecule has 0 saturated heterocycles. The van der Waals surface area contributed by atoms with Gasteiger partial charge in [0.25, 0.3) is 0 Å². The number of allylic oxidation sites excluding steroid dienone is 2. The predicted octanol–water partition coefficient (Wildman–Crippen LogP) is 2.39. The van der Waals surface area contributed by atoms with E-state index in [1.165, 1.54) is 11.3 Å². The summed E-state index contributed by atoms with van der Waals surface area (Å²) in [6.07, 6.45) is 2.40. The number of carbonyl (C=O) groups excluding carboxylic acids is 3. The lowest BCUT2D eigenvalue weighted by atomic mass is 9.83. The number of esters is 2. The van der Waals surface area contributed by atoms with Crippen LogP contribution in [-0.4, -0.2) is 35.9 Å². The Labute approximate surface area is 143 Å². The van der Waals surface area contributed by atoms with E-state index in [2.05, 4.69) is 4.98 Å². The van der Waals surface area contributed by atoms with E-state index in [1.807, 2.05) is 5.38 Å². The van der Waals surface area contributed by atoms with E-state index in [9.17, 15) is 14.4 Å². The van der Waals surface area contributed by atoms with Gasteiger partial charge in [0, 0.05) is 18.0 Å². The van der Waals surface area contributed by atoms with Crippen LogP contribution in [0.5, 0.6) is 0 Å². The van der Waals surface area contributed by atoms with E-state index < -0.39 is 17.4 Å². The van der Waals surface area contributed by atoms with E-state index in [1.54, 1.807) is 20.0 Å². The van der Waals surface area contributed by atoms with Crippen LogP contribution in [0.4, 0.5) is 0 Å². The highest BCUT2D eigenvalue weighted by molar-refractivity contribution is 7.11. The second kappa shape index (κ2) is 6.47. The summed E-state index contributed by atoms with van der Waals surface area (Å²) in [4.78, 5) is 41.7. The van der Waals surface area contributed by atoms with Gasteiger partial charge >= 0.3 is 11.9 Å². The van der Waals surface area contributed by atoms with E-state index >= 15 is 0 Å². The van der Waals surface area contributed by atoms with Gasteiger partial charge in [-0.2, -0.15) is 0 Å². The van der Waals surface area contributed by atoms with Gasteiger partial charge in [0.1, 0.15) is 5.01 Å². The summed E-state index contributed by atoms with van der Waals surface area (Å²) >= 11 is 1.39. The summed E-state index contributed by atoms with van der Waals surface area (Å²) in [5, 5.41) is 2.46. The highest BCUT2D eigenvalue weighted by Crippen LogP contribution is 2.54. The van der Waals surface area contributed by atoms with Gasteiger partial charge in [0.2, 0.25) is 0 Å². The van der Waals surface area contributed by atoms with Crippen molar-refractivity contribution in [3.05, 3.63) is 22.2 Å². The smallest absolute Gasteiger partial charge is 0.323 e. The molecule has 1 fully saturated rings. The van der Waals surface area contributed by atoms with E-state index in [0.717, 1.165) is 5.57 Å². The zero-order chi connectivity index (χ0) is 17.3. The first-order valence-electron chi connectivity index (χ1n) is 8.04. The molecule has 24 heavy (non-hydrogen) atoms. The summed E-state index contributed by atoms with van der Waals surface area (Å²) in [5.41, 5.74) is 0.0800. The fourth-order valence-electron chi connectivity index (χ4n) is 3.61. The van der Waals surface area contributed by atoms with Crippen molar-refractivity contribution in [1.29, 1.82) is 0 Å². The lowest BCUT2D eigenvalue weighted by molar-refractivity contribution is -0.171. The van der Waals surface area contributed by atoms with Crippen molar-refractivity contribution in [2.24, 2.45) is 11.3 Å². The highest BCUT2D eigenvalue weighted by atomic mass is 32.1. The number of rotatable bonds is 5. The Kier molecular flexibility index (Phi) is 4.54. The molecule has 1 unspecified atom stereocenters. The number of fused-ring (bicyclic) bond motifs is 1. The van der Waals surface area contributed by atoms with Crippen molar-refractivity contribution in [2.75, 3.05) is 13.2 Å². The normalized spacial score (nSPS) is 21.8. The van der Waals surface area contributed by atoms with Gasteiger partial charge in [0.05, 0.1) is 18.8 Å². The Morgan fingerprint density at radius 3 is 2.50 bits per heavy atom. The molecule has 0 spiro atoms. The maximum absolute atomic E-state index is 12.5. The molecule has 1 aromatic heterocycles. The molecule has 1 aromatic rings. The monoisotopic (exact) mass is 349 g/mol. The van der Waals surface area contributed by atoms with Crippen LogP contribution < -0.4 is 0 Å². The molecular formula is C17H19NO5S. The minimum Gasteiger partial charge on any atom is -0.465 e. The largest absolute Gasteiger partial charge is 0.465 e. The van der Waals surface area contributed by atoms with E-state index in [-0.39, 0.29) is 37.8 Å². The van der Waals surface area contributed by atoms with E-state index in [0.29, 0.717) is 17.0 Å².